The van der Waals surface area contributed by atoms with Gasteiger partial charge in [-0.25, -0.2) is 9.78 Å². The highest BCUT2D eigenvalue weighted by Gasteiger charge is 2.30. The van der Waals surface area contributed by atoms with Gasteiger partial charge in [0.1, 0.15) is 5.76 Å². The zero-order chi connectivity index (χ0) is 20.2. The smallest absolute Gasteiger partial charge is 0.409 e. The first-order chi connectivity index (χ1) is 14.1. The molecule has 2 fully saturated rings. The van der Waals surface area contributed by atoms with Crippen LogP contribution in [0.5, 0.6) is 0 Å². The Labute approximate surface area is 176 Å². The maximum atomic E-state index is 11.9. The highest BCUT2D eigenvalue weighted by molar-refractivity contribution is 7.13. The number of hydrogen-bond donors (Lipinski definition) is 0. The number of nitrogens with zero attached hydrogens (tertiary/aromatic N) is 4. The first-order valence-electron chi connectivity index (χ1n) is 10.5. The van der Waals surface area contributed by atoms with E-state index < -0.39 is 0 Å². The second-order valence-electron chi connectivity index (χ2n) is 7.75. The van der Waals surface area contributed by atoms with E-state index in [-0.39, 0.29) is 6.09 Å². The molecule has 8 heteroatoms. The molecule has 0 unspecified atom stereocenters. The molecule has 2 aromatic heterocycles. The maximum Gasteiger partial charge on any atom is 0.409 e. The van der Waals surface area contributed by atoms with Crippen molar-refractivity contribution in [3.63, 3.8) is 0 Å². The number of oxazole rings is 1. The quantitative estimate of drug-likeness (QED) is 0.741. The van der Waals surface area contributed by atoms with Crippen LogP contribution < -0.4 is 0 Å². The summed E-state index contributed by atoms with van der Waals surface area (Å²) in [6.45, 7) is 10.6. The number of ether oxygens (including phenoxy) is 1. The predicted octanol–water partition coefficient (Wildman–Crippen LogP) is 3.45. The number of thiophene rings is 1. The van der Waals surface area contributed by atoms with Crippen molar-refractivity contribution in [3.05, 3.63) is 29.0 Å². The number of aromatic nitrogens is 1. The molecule has 0 radical (unpaired) electrons. The van der Waals surface area contributed by atoms with E-state index in [1.807, 2.05) is 36.3 Å². The van der Waals surface area contributed by atoms with E-state index in [1.165, 1.54) is 12.8 Å². The van der Waals surface area contributed by atoms with Crippen molar-refractivity contribution in [2.45, 2.75) is 39.3 Å². The molecule has 2 saturated heterocycles. The molecule has 4 rings (SSSR count). The van der Waals surface area contributed by atoms with Crippen molar-refractivity contribution < 1.29 is 13.9 Å². The number of amides is 1. The number of hydrogen-bond acceptors (Lipinski definition) is 7. The fourth-order valence-electron chi connectivity index (χ4n) is 4.25. The molecule has 0 N–H and O–H groups in total. The molecule has 2 aromatic rings. The highest BCUT2D eigenvalue weighted by atomic mass is 32.1. The lowest BCUT2D eigenvalue weighted by Gasteiger charge is -2.43. The van der Waals surface area contributed by atoms with Crippen LogP contribution in [0.4, 0.5) is 4.79 Å². The van der Waals surface area contributed by atoms with E-state index in [4.69, 9.17) is 14.1 Å². The Hall–Kier alpha value is -1.90. The summed E-state index contributed by atoms with van der Waals surface area (Å²) in [5.74, 6) is 1.65. The Morgan fingerprint density at radius 2 is 2.14 bits per heavy atom. The molecule has 1 amide bonds. The van der Waals surface area contributed by atoms with Crippen molar-refractivity contribution >= 4 is 17.4 Å². The average Bonchev–Trinajstić information content (AvgIpc) is 3.39. The number of carbonyl (C=O) groups is 1. The van der Waals surface area contributed by atoms with Gasteiger partial charge in [0.05, 0.1) is 17.2 Å². The van der Waals surface area contributed by atoms with Crippen LogP contribution in [0.2, 0.25) is 0 Å². The van der Waals surface area contributed by atoms with Gasteiger partial charge in [-0.15, -0.1) is 11.3 Å². The van der Waals surface area contributed by atoms with Gasteiger partial charge in [-0.3, -0.25) is 9.80 Å². The molecule has 158 valence electrons. The van der Waals surface area contributed by atoms with Crippen LogP contribution in [0, 0.1) is 6.92 Å². The third kappa shape index (κ3) is 4.82. The van der Waals surface area contributed by atoms with E-state index in [9.17, 15) is 4.79 Å². The molecule has 0 bridgehead atoms. The lowest BCUT2D eigenvalue weighted by atomic mass is 10.0. The molecule has 7 nitrogen and oxygen atoms in total. The van der Waals surface area contributed by atoms with E-state index >= 15 is 0 Å². The number of aryl methyl sites for hydroxylation is 1. The van der Waals surface area contributed by atoms with E-state index in [2.05, 4.69) is 9.80 Å². The van der Waals surface area contributed by atoms with Crippen molar-refractivity contribution in [1.82, 2.24) is 19.7 Å². The maximum absolute atomic E-state index is 11.9. The van der Waals surface area contributed by atoms with E-state index in [0.717, 1.165) is 68.0 Å². The van der Waals surface area contributed by atoms with Crippen LogP contribution in [-0.4, -0.2) is 77.7 Å². The zero-order valence-corrected chi connectivity index (χ0v) is 18.1. The van der Waals surface area contributed by atoms with Crippen LogP contribution in [-0.2, 0) is 11.3 Å². The summed E-state index contributed by atoms with van der Waals surface area (Å²) < 4.78 is 11.0. The molecule has 1 atom stereocenters. The number of piperazine rings is 1. The highest BCUT2D eigenvalue weighted by Crippen LogP contribution is 2.27. The first kappa shape index (κ1) is 20.4. The summed E-state index contributed by atoms with van der Waals surface area (Å²) in [5, 5.41) is 2.05. The minimum Gasteiger partial charge on any atom is -0.450 e. The summed E-state index contributed by atoms with van der Waals surface area (Å²) in [4.78, 5) is 24.6. The lowest BCUT2D eigenvalue weighted by Crippen LogP contribution is -2.55. The van der Waals surface area contributed by atoms with Gasteiger partial charge in [0.25, 0.3) is 0 Å². The molecule has 2 aliphatic rings. The number of rotatable bonds is 5. The van der Waals surface area contributed by atoms with Crippen LogP contribution in [0.1, 0.15) is 31.2 Å². The molecule has 29 heavy (non-hydrogen) atoms. The molecule has 0 aromatic carbocycles. The Balaban J connectivity index is 1.32. The van der Waals surface area contributed by atoms with Crippen LogP contribution in [0.3, 0.4) is 0 Å². The van der Waals surface area contributed by atoms with Gasteiger partial charge in [0.2, 0.25) is 5.89 Å². The second kappa shape index (κ2) is 9.28. The van der Waals surface area contributed by atoms with Gasteiger partial charge in [0, 0.05) is 45.3 Å². The largest absolute Gasteiger partial charge is 0.450 e. The number of piperidine rings is 1. The summed E-state index contributed by atoms with van der Waals surface area (Å²) >= 11 is 1.66. The SMILES string of the molecule is CCOC(=O)N1CCN([C@H]2CCCN(Cc3nc(-c4cccs4)oc3C)C2)CC1. The Morgan fingerprint density at radius 3 is 2.86 bits per heavy atom. The van der Waals surface area contributed by atoms with Crippen molar-refractivity contribution in [3.8, 4) is 10.8 Å². The molecule has 2 aliphatic heterocycles. The normalized spacial score (nSPS) is 21.4. The van der Waals surface area contributed by atoms with Gasteiger partial charge in [-0.1, -0.05) is 6.07 Å². The topological polar surface area (TPSA) is 62.1 Å². The standard InChI is InChI=1S/C21H30N4O3S/c1-3-27-21(26)25-11-9-24(10-12-25)17-6-4-8-23(14-17)15-18-16(2)28-20(22-18)19-7-5-13-29-19/h5,7,13,17H,3-4,6,8-12,14-15H2,1-2H3/t17-/m0/s1. The van der Waals surface area contributed by atoms with E-state index in [1.54, 1.807) is 11.3 Å². The third-order valence-electron chi connectivity index (χ3n) is 5.84. The minimum absolute atomic E-state index is 0.180. The third-order valence-corrected chi connectivity index (χ3v) is 6.69. The fraction of sp³-hybridized carbons (Fsp3) is 0.619. The summed E-state index contributed by atoms with van der Waals surface area (Å²) in [6, 6.07) is 4.61. The Morgan fingerprint density at radius 1 is 1.31 bits per heavy atom. The predicted molar refractivity (Wildman–Crippen MR) is 113 cm³/mol. The van der Waals surface area contributed by atoms with Gasteiger partial charge < -0.3 is 14.1 Å². The molecule has 0 spiro atoms. The van der Waals surface area contributed by atoms with E-state index in [0.29, 0.717) is 12.6 Å². The van der Waals surface area contributed by atoms with Crippen molar-refractivity contribution in [2.24, 2.45) is 0 Å². The molecule has 4 heterocycles. The monoisotopic (exact) mass is 418 g/mol. The summed E-state index contributed by atoms with van der Waals surface area (Å²) in [5.41, 5.74) is 1.04. The molecular formula is C21H30N4O3S. The minimum atomic E-state index is -0.180. The van der Waals surface area contributed by atoms with Crippen LogP contribution in [0.15, 0.2) is 21.9 Å². The van der Waals surface area contributed by atoms with Crippen molar-refractivity contribution in [1.29, 1.82) is 0 Å². The molecular weight excluding hydrogens is 388 g/mol. The summed E-state index contributed by atoms with van der Waals surface area (Å²) in [7, 11) is 0. The lowest BCUT2D eigenvalue weighted by molar-refractivity contribution is 0.0409. The Bertz CT molecular complexity index is 799. The van der Waals surface area contributed by atoms with Crippen molar-refractivity contribution in [2.75, 3.05) is 45.9 Å². The molecule has 0 aliphatic carbocycles. The number of likely N-dealkylation sites (tertiary alicyclic amines) is 1. The molecule has 0 saturated carbocycles. The van der Waals surface area contributed by atoms with Gasteiger partial charge in [-0.2, -0.15) is 0 Å². The second-order valence-corrected chi connectivity index (χ2v) is 8.70. The van der Waals surface area contributed by atoms with Gasteiger partial charge in [0.15, 0.2) is 0 Å². The summed E-state index contributed by atoms with van der Waals surface area (Å²) in [6.07, 6.45) is 2.23. The fourth-order valence-corrected chi connectivity index (χ4v) is 4.90. The van der Waals surface area contributed by atoms with Crippen LogP contribution >= 0.6 is 11.3 Å². The average molecular weight is 419 g/mol. The van der Waals surface area contributed by atoms with Crippen LogP contribution in [0.25, 0.3) is 10.8 Å². The Kier molecular flexibility index (Phi) is 6.52. The zero-order valence-electron chi connectivity index (χ0n) is 17.3. The number of carbonyl (C=O) groups excluding carboxylic acids is 1. The van der Waals surface area contributed by atoms with Gasteiger partial charge in [-0.05, 0) is 44.7 Å². The van der Waals surface area contributed by atoms with Gasteiger partial charge >= 0.3 is 6.09 Å². The first-order valence-corrected chi connectivity index (χ1v) is 11.4.